The number of amides is 5. The van der Waals surface area contributed by atoms with Gasteiger partial charge in [0.15, 0.2) is 0 Å². The summed E-state index contributed by atoms with van der Waals surface area (Å²) < 4.78 is 0. The van der Waals surface area contributed by atoms with Gasteiger partial charge in [0.1, 0.15) is 0 Å². The van der Waals surface area contributed by atoms with Crippen molar-refractivity contribution < 1.29 is 28.8 Å². The molecule has 166 valence electrons. The number of unbranched alkanes of at least 4 members (excludes halogenated alkanes) is 2. The number of hydrogen-bond donors (Lipinski definition) is 3. The quantitative estimate of drug-likeness (QED) is 0.243. The van der Waals surface area contributed by atoms with E-state index in [1.54, 1.807) is 0 Å². The monoisotopic (exact) mass is 440 g/mol. The Morgan fingerprint density at radius 3 is 2.53 bits per heavy atom. The fourth-order valence-corrected chi connectivity index (χ4v) is 5.33. The van der Waals surface area contributed by atoms with Gasteiger partial charge < -0.3 is 20.8 Å². The average Bonchev–Trinajstić information content (AvgIpc) is 3.35. The zero-order chi connectivity index (χ0) is 21.5. The lowest BCUT2D eigenvalue weighted by molar-refractivity contribution is -0.197. The van der Waals surface area contributed by atoms with Crippen LogP contribution in [-0.2, 0) is 24.0 Å². The van der Waals surface area contributed by atoms with Crippen LogP contribution in [0.15, 0.2) is 0 Å². The number of urea groups is 1. The van der Waals surface area contributed by atoms with Gasteiger partial charge in [-0.1, -0.05) is 6.42 Å². The van der Waals surface area contributed by atoms with Crippen LogP contribution in [0.3, 0.4) is 0 Å². The van der Waals surface area contributed by atoms with Crippen LogP contribution in [0, 0.1) is 0 Å². The van der Waals surface area contributed by atoms with Crippen molar-refractivity contribution >= 4 is 41.5 Å². The smallest absolute Gasteiger partial charge is 0.333 e. The number of rotatable bonds is 11. The molecule has 30 heavy (non-hydrogen) atoms. The maximum atomic E-state index is 11.9. The Hall–Kier alpha value is -2.30. The molecule has 11 heteroatoms. The van der Waals surface area contributed by atoms with E-state index in [1.165, 1.54) is 0 Å². The van der Waals surface area contributed by atoms with Crippen molar-refractivity contribution in [2.75, 3.05) is 12.3 Å². The van der Waals surface area contributed by atoms with Crippen LogP contribution in [0.4, 0.5) is 4.79 Å². The number of nitrogens with one attached hydrogen (secondary N) is 3. The molecule has 3 fully saturated rings. The molecular weight excluding hydrogens is 412 g/mol. The zero-order valence-corrected chi connectivity index (χ0v) is 17.6. The number of fused-ring (bicyclic) bond motifs is 1. The average molecular weight is 441 g/mol. The Kier molecular flexibility index (Phi) is 7.94. The van der Waals surface area contributed by atoms with E-state index in [2.05, 4.69) is 16.0 Å². The predicted molar refractivity (Wildman–Crippen MR) is 108 cm³/mol. The highest BCUT2D eigenvalue weighted by atomic mass is 32.2. The summed E-state index contributed by atoms with van der Waals surface area (Å²) in [6, 6.07) is 0.343. The molecule has 0 unspecified atom stereocenters. The molecule has 3 N–H and O–H groups in total. The topological polar surface area (TPSA) is 134 Å². The van der Waals surface area contributed by atoms with Crippen molar-refractivity contribution in [3.05, 3.63) is 0 Å². The number of nitrogens with zero attached hydrogens (tertiary/aromatic N) is 1. The van der Waals surface area contributed by atoms with E-state index >= 15 is 0 Å². The highest BCUT2D eigenvalue weighted by Crippen LogP contribution is 2.33. The molecule has 5 amide bonds. The molecule has 0 aromatic heterocycles. The first-order chi connectivity index (χ1) is 14.4. The molecule has 0 aliphatic carbocycles. The van der Waals surface area contributed by atoms with Gasteiger partial charge in [-0.25, -0.2) is 9.59 Å². The number of thioether (sulfide) groups is 1. The molecule has 0 bridgehead atoms. The maximum absolute atomic E-state index is 11.9. The van der Waals surface area contributed by atoms with Crippen molar-refractivity contribution in [3.8, 4) is 0 Å². The van der Waals surface area contributed by atoms with Crippen LogP contribution in [-0.4, -0.2) is 64.4 Å². The van der Waals surface area contributed by atoms with Crippen LogP contribution in [0.25, 0.3) is 0 Å². The van der Waals surface area contributed by atoms with Crippen LogP contribution in [0.1, 0.15) is 57.8 Å². The Morgan fingerprint density at radius 2 is 1.77 bits per heavy atom. The molecule has 3 atom stereocenters. The second kappa shape index (κ2) is 10.6. The minimum atomic E-state index is -0.620. The van der Waals surface area contributed by atoms with Gasteiger partial charge in [-0.3, -0.25) is 14.4 Å². The highest BCUT2D eigenvalue weighted by Gasteiger charge is 2.42. The Balaban J connectivity index is 1.17. The number of hydroxylamine groups is 2. The summed E-state index contributed by atoms with van der Waals surface area (Å²) in [5, 5.41) is 9.67. The first kappa shape index (κ1) is 22.4. The maximum Gasteiger partial charge on any atom is 0.333 e. The van der Waals surface area contributed by atoms with Crippen LogP contribution < -0.4 is 16.0 Å². The summed E-state index contributed by atoms with van der Waals surface area (Å²) in [6.07, 6.45) is 4.50. The number of hydrogen-bond acceptors (Lipinski definition) is 7. The molecule has 3 heterocycles. The molecule has 10 nitrogen and oxygen atoms in total. The lowest BCUT2D eigenvalue weighted by Gasteiger charge is -2.16. The summed E-state index contributed by atoms with van der Waals surface area (Å²) in [6.45, 7) is 0.466. The molecule has 3 saturated heterocycles. The third kappa shape index (κ3) is 6.10. The van der Waals surface area contributed by atoms with Crippen molar-refractivity contribution in [1.29, 1.82) is 0 Å². The lowest BCUT2D eigenvalue weighted by Crippen LogP contribution is -2.36. The van der Waals surface area contributed by atoms with Crippen molar-refractivity contribution in [2.45, 2.75) is 75.1 Å². The molecule has 3 rings (SSSR count). The Labute approximate surface area is 179 Å². The summed E-state index contributed by atoms with van der Waals surface area (Å²) in [7, 11) is 0. The third-order valence-corrected chi connectivity index (χ3v) is 6.92. The van der Waals surface area contributed by atoms with Crippen molar-refractivity contribution in [3.63, 3.8) is 0 Å². The number of carbonyl (C=O) groups excluding carboxylic acids is 5. The first-order valence-corrected chi connectivity index (χ1v) is 11.5. The number of imide groups is 1. The standard InChI is InChI=1S/C19H28N4O6S/c24-14(6-2-1-5-13-18-12(11-30-13)21-19(28)22-18)20-10-4-3-7-17(27)29-23-15(25)8-9-16(23)26/h12-13,18H,1-11H2,(H,20,24)(H2,21,22,28)/t12-,13-,18-/m0/s1. The van der Waals surface area contributed by atoms with Crippen LogP contribution in [0.5, 0.6) is 0 Å². The van der Waals surface area contributed by atoms with Gasteiger partial charge in [0.05, 0.1) is 12.1 Å². The fraction of sp³-hybridized carbons (Fsp3) is 0.737. The SMILES string of the molecule is O=C(CCCC[C@@H]1SC[C@@H]2NC(=O)N[C@@H]21)NCCCCC(=O)ON1C(=O)CCC1=O. The third-order valence-electron chi connectivity index (χ3n) is 5.41. The van der Waals surface area contributed by atoms with Gasteiger partial charge in [-0.2, -0.15) is 11.8 Å². The summed E-state index contributed by atoms with van der Waals surface area (Å²) >= 11 is 1.87. The second-order valence-electron chi connectivity index (χ2n) is 7.72. The zero-order valence-electron chi connectivity index (χ0n) is 16.8. The van der Waals surface area contributed by atoms with Crippen LogP contribution in [0.2, 0.25) is 0 Å². The number of carbonyl (C=O) groups is 5. The van der Waals surface area contributed by atoms with E-state index in [-0.39, 0.29) is 43.3 Å². The van der Waals surface area contributed by atoms with Gasteiger partial charge in [0, 0.05) is 43.2 Å². The van der Waals surface area contributed by atoms with Gasteiger partial charge in [0.2, 0.25) is 5.91 Å². The van der Waals surface area contributed by atoms with E-state index in [9.17, 15) is 24.0 Å². The molecular formula is C19H28N4O6S. The van der Waals surface area contributed by atoms with E-state index in [1.807, 2.05) is 11.8 Å². The molecule has 3 aliphatic heterocycles. The van der Waals surface area contributed by atoms with Crippen LogP contribution >= 0.6 is 11.8 Å². The largest absolute Gasteiger partial charge is 0.356 e. The van der Waals surface area contributed by atoms with E-state index in [0.29, 0.717) is 36.1 Å². The molecule has 0 spiro atoms. The predicted octanol–water partition coefficient (Wildman–Crippen LogP) is 0.606. The Bertz CT molecular complexity index is 687. The van der Waals surface area contributed by atoms with Gasteiger partial charge in [0.25, 0.3) is 11.8 Å². The van der Waals surface area contributed by atoms with Gasteiger partial charge in [-0.15, -0.1) is 5.06 Å². The van der Waals surface area contributed by atoms with E-state index in [4.69, 9.17) is 4.84 Å². The highest BCUT2D eigenvalue weighted by molar-refractivity contribution is 8.00. The van der Waals surface area contributed by atoms with E-state index in [0.717, 1.165) is 25.0 Å². The van der Waals surface area contributed by atoms with Crippen molar-refractivity contribution in [2.24, 2.45) is 0 Å². The molecule has 0 radical (unpaired) electrons. The molecule has 0 aromatic rings. The normalized spacial score (nSPS) is 25.1. The summed E-state index contributed by atoms with van der Waals surface area (Å²) in [4.78, 5) is 62.5. The van der Waals surface area contributed by atoms with Gasteiger partial charge in [-0.05, 0) is 25.7 Å². The fourth-order valence-electron chi connectivity index (χ4n) is 3.79. The minimum absolute atomic E-state index is 0.0152. The molecule has 3 aliphatic rings. The Morgan fingerprint density at radius 1 is 1.03 bits per heavy atom. The first-order valence-electron chi connectivity index (χ1n) is 10.5. The van der Waals surface area contributed by atoms with Crippen molar-refractivity contribution in [1.82, 2.24) is 21.0 Å². The summed E-state index contributed by atoms with van der Waals surface area (Å²) in [5.74, 6) is -0.676. The van der Waals surface area contributed by atoms with Gasteiger partial charge >= 0.3 is 12.0 Å². The molecule has 0 aromatic carbocycles. The second-order valence-corrected chi connectivity index (χ2v) is 8.99. The summed E-state index contributed by atoms with van der Waals surface area (Å²) in [5.41, 5.74) is 0. The lowest BCUT2D eigenvalue weighted by atomic mass is 10.0. The molecule has 0 saturated carbocycles. The minimum Gasteiger partial charge on any atom is -0.356 e. The van der Waals surface area contributed by atoms with E-state index < -0.39 is 17.8 Å².